The maximum atomic E-state index is 11.5. The van der Waals surface area contributed by atoms with E-state index in [4.69, 9.17) is 4.74 Å². The van der Waals surface area contributed by atoms with Crippen molar-refractivity contribution in [2.24, 2.45) is 0 Å². The average Bonchev–Trinajstić information content (AvgIpc) is 2.83. The third-order valence-electron chi connectivity index (χ3n) is 4.93. The molecule has 1 atom stereocenters. The third-order valence-corrected chi connectivity index (χ3v) is 5.46. The van der Waals surface area contributed by atoms with Crippen LogP contribution < -0.4 is 10.1 Å². The molecule has 0 aliphatic carbocycles. The standard InChI is InChI=1S/C25H21BrN4O3/c26-19-8-6-18(7-9-19)21(15-24(31)32)22-12-14-28-25(30-22)33-20-10-4-17(5-11-20)16-29-23-3-1-2-13-27-23/h1-14,21H,15-16H2,(H,27,29)(H,31,32). The Morgan fingerprint density at radius 2 is 1.76 bits per heavy atom. The summed E-state index contributed by atoms with van der Waals surface area (Å²) in [6, 6.07) is 22.7. The summed E-state index contributed by atoms with van der Waals surface area (Å²) in [6.45, 7) is 0.632. The lowest BCUT2D eigenvalue weighted by Gasteiger charge is -2.16. The summed E-state index contributed by atoms with van der Waals surface area (Å²) in [5, 5.41) is 12.7. The second-order valence-electron chi connectivity index (χ2n) is 7.28. The van der Waals surface area contributed by atoms with Gasteiger partial charge in [0.2, 0.25) is 0 Å². The molecule has 0 saturated carbocycles. The van der Waals surface area contributed by atoms with Crippen LogP contribution in [0.15, 0.2) is 89.7 Å². The maximum absolute atomic E-state index is 11.5. The van der Waals surface area contributed by atoms with Gasteiger partial charge in [0, 0.05) is 29.3 Å². The number of hydrogen-bond acceptors (Lipinski definition) is 6. The zero-order valence-corrected chi connectivity index (χ0v) is 19.1. The number of benzene rings is 2. The van der Waals surface area contributed by atoms with Crippen LogP contribution in [0.4, 0.5) is 5.82 Å². The van der Waals surface area contributed by atoms with Crippen molar-refractivity contribution in [1.29, 1.82) is 0 Å². The molecule has 166 valence electrons. The number of nitrogens with one attached hydrogen (secondary N) is 1. The number of carboxylic acids is 1. The van der Waals surface area contributed by atoms with Crippen LogP contribution in [0.3, 0.4) is 0 Å². The van der Waals surface area contributed by atoms with Crippen molar-refractivity contribution in [3.8, 4) is 11.8 Å². The largest absolute Gasteiger partial charge is 0.481 e. The van der Waals surface area contributed by atoms with Gasteiger partial charge >= 0.3 is 12.0 Å². The minimum Gasteiger partial charge on any atom is -0.481 e. The Labute approximate surface area is 199 Å². The second kappa shape index (κ2) is 10.7. The van der Waals surface area contributed by atoms with Gasteiger partial charge in [0.25, 0.3) is 0 Å². The van der Waals surface area contributed by atoms with Gasteiger partial charge in [0.1, 0.15) is 11.6 Å². The lowest BCUT2D eigenvalue weighted by atomic mass is 9.92. The number of aliphatic carboxylic acids is 1. The highest BCUT2D eigenvalue weighted by atomic mass is 79.9. The van der Waals surface area contributed by atoms with Gasteiger partial charge in [-0.2, -0.15) is 4.98 Å². The summed E-state index contributed by atoms with van der Waals surface area (Å²) in [4.78, 5) is 24.4. The zero-order valence-electron chi connectivity index (χ0n) is 17.6. The fourth-order valence-corrected chi connectivity index (χ4v) is 3.57. The SMILES string of the molecule is O=C(O)CC(c1ccc(Br)cc1)c1ccnc(Oc2ccc(CNc3ccccn3)cc2)n1. The van der Waals surface area contributed by atoms with Crippen LogP contribution in [0.1, 0.15) is 29.2 Å². The number of hydrogen-bond donors (Lipinski definition) is 2. The van der Waals surface area contributed by atoms with Crippen LogP contribution in [0.2, 0.25) is 0 Å². The van der Waals surface area contributed by atoms with Gasteiger partial charge in [0.15, 0.2) is 0 Å². The van der Waals surface area contributed by atoms with Gasteiger partial charge < -0.3 is 15.2 Å². The lowest BCUT2D eigenvalue weighted by Crippen LogP contribution is -2.10. The Hall–Kier alpha value is -3.78. The first-order valence-electron chi connectivity index (χ1n) is 10.3. The number of pyridine rings is 1. The molecule has 0 bridgehead atoms. The van der Waals surface area contributed by atoms with Crippen molar-refractivity contribution >= 4 is 27.7 Å². The first-order chi connectivity index (χ1) is 16.1. The number of nitrogens with zero attached hydrogens (tertiary/aromatic N) is 3. The molecule has 1 unspecified atom stereocenters. The van der Waals surface area contributed by atoms with Crippen LogP contribution in [0.25, 0.3) is 0 Å². The van der Waals surface area contributed by atoms with E-state index in [1.54, 1.807) is 18.5 Å². The Balaban J connectivity index is 1.46. The summed E-state index contributed by atoms with van der Waals surface area (Å²) in [6.07, 6.45) is 3.23. The first kappa shape index (κ1) is 22.4. The van der Waals surface area contributed by atoms with Gasteiger partial charge in [-0.1, -0.05) is 46.3 Å². The van der Waals surface area contributed by atoms with E-state index in [0.717, 1.165) is 21.4 Å². The van der Waals surface area contributed by atoms with Gasteiger partial charge in [-0.25, -0.2) is 9.97 Å². The Morgan fingerprint density at radius 1 is 0.970 bits per heavy atom. The molecule has 7 nitrogen and oxygen atoms in total. The topological polar surface area (TPSA) is 97.2 Å². The molecule has 2 aromatic carbocycles. The maximum Gasteiger partial charge on any atom is 0.322 e. The first-order valence-corrected chi connectivity index (χ1v) is 11.1. The normalized spacial score (nSPS) is 11.5. The van der Waals surface area contributed by atoms with Gasteiger partial charge in [-0.15, -0.1) is 0 Å². The molecule has 0 aliphatic rings. The predicted octanol–water partition coefficient (Wildman–Crippen LogP) is 5.65. The predicted molar refractivity (Wildman–Crippen MR) is 128 cm³/mol. The third kappa shape index (κ3) is 6.36. The number of rotatable bonds is 9. The molecule has 0 saturated heterocycles. The zero-order chi connectivity index (χ0) is 23.0. The Morgan fingerprint density at radius 3 is 2.45 bits per heavy atom. The van der Waals surface area contributed by atoms with Gasteiger partial charge in [-0.3, -0.25) is 4.79 Å². The summed E-state index contributed by atoms with van der Waals surface area (Å²) in [7, 11) is 0. The summed E-state index contributed by atoms with van der Waals surface area (Å²) in [5.74, 6) is 0.0804. The Bertz CT molecular complexity index is 1200. The number of anilines is 1. The molecule has 0 fully saturated rings. The van der Waals surface area contributed by atoms with E-state index >= 15 is 0 Å². The number of carboxylic acid groups (broad SMARTS) is 1. The van der Waals surface area contributed by atoms with Crippen LogP contribution in [0.5, 0.6) is 11.8 Å². The van der Waals surface area contributed by atoms with Crippen molar-refractivity contribution < 1.29 is 14.6 Å². The summed E-state index contributed by atoms with van der Waals surface area (Å²) in [5.41, 5.74) is 2.51. The molecule has 4 aromatic rings. The number of ether oxygens (including phenoxy) is 1. The molecule has 4 rings (SSSR count). The molecule has 2 N–H and O–H groups in total. The van der Waals surface area contributed by atoms with Gasteiger partial charge in [0.05, 0.1) is 12.1 Å². The average molecular weight is 505 g/mol. The molecular formula is C25H21BrN4O3. The van der Waals surface area contributed by atoms with Crippen LogP contribution in [-0.4, -0.2) is 26.0 Å². The lowest BCUT2D eigenvalue weighted by molar-refractivity contribution is -0.137. The van der Waals surface area contributed by atoms with Crippen LogP contribution in [0, 0.1) is 0 Å². The van der Waals surface area contributed by atoms with Crippen molar-refractivity contribution in [3.05, 3.63) is 106 Å². The molecule has 2 heterocycles. The molecule has 0 radical (unpaired) electrons. The fourth-order valence-electron chi connectivity index (χ4n) is 3.30. The number of halogens is 1. The minimum atomic E-state index is -0.904. The molecule has 0 spiro atoms. The molecule has 8 heteroatoms. The fraction of sp³-hybridized carbons (Fsp3) is 0.120. The van der Waals surface area contributed by atoms with E-state index in [9.17, 15) is 9.90 Å². The van der Waals surface area contributed by atoms with Crippen LogP contribution >= 0.6 is 15.9 Å². The highest BCUT2D eigenvalue weighted by molar-refractivity contribution is 9.10. The monoisotopic (exact) mass is 504 g/mol. The van der Waals surface area contributed by atoms with Crippen molar-refractivity contribution in [1.82, 2.24) is 15.0 Å². The van der Waals surface area contributed by atoms with E-state index < -0.39 is 11.9 Å². The van der Waals surface area contributed by atoms with Crippen molar-refractivity contribution in [2.45, 2.75) is 18.9 Å². The van der Waals surface area contributed by atoms with E-state index in [1.165, 1.54) is 0 Å². The second-order valence-corrected chi connectivity index (χ2v) is 8.20. The van der Waals surface area contributed by atoms with E-state index in [2.05, 4.69) is 36.2 Å². The van der Waals surface area contributed by atoms with E-state index in [1.807, 2.05) is 66.7 Å². The highest BCUT2D eigenvalue weighted by Crippen LogP contribution is 2.29. The van der Waals surface area contributed by atoms with Crippen molar-refractivity contribution in [3.63, 3.8) is 0 Å². The molecule has 0 aliphatic heterocycles. The number of carbonyl (C=O) groups is 1. The summed E-state index contributed by atoms with van der Waals surface area (Å²) < 4.78 is 6.76. The minimum absolute atomic E-state index is 0.0872. The molecule has 33 heavy (non-hydrogen) atoms. The Kier molecular flexibility index (Phi) is 7.26. The van der Waals surface area contributed by atoms with Crippen molar-refractivity contribution in [2.75, 3.05) is 5.32 Å². The van der Waals surface area contributed by atoms with Crippen LogP contribution in [-0.2, 0) is 11.3 Å². The van der Waals surface area contributed by atoms with E-state index in [-0.39, 0.29) is 12.4 Å². The number of aromatic nitrogens is 3. The highest BCUT2D eigenvalue weighted by Gasteiger charge is 2.20. The molecule has 2 aromatic heterocycles. The quantitative estimate of drug-likeness (QED) is 0.304. The van der Waals surface area contributed by atoms with E-state index in [0.29, 0.717) is 18.0 Å². The smallest absolute Gasteiger partial charge is 0.322 e. The van der Waals surface area contributed by atoms with Gasteiger partial charge in [-0.05, 0) is 53.6 Å². The molecule has 0 amide bonds. The molecular weight excluding hydrogens is 484 g/mol. The summed E-state index contributed by atoms with van der Waals surface area (Å²) >= 11 is 3.41.